The van der Waals surface area contributed by atoms with Gasteiger partial charge in [0.15, 0.2) is 0 Å². The third-order valence-corrected chi connectivity index (χ3v) is 6.66. The van der Waals surface area contributed by atoms with Gasteiger partial charge in [0.05, 0.1) is 11.0 Å². The Kier molecular flexibility index (Phi) is 4.33. The first kappa shape index (κ1) is 19.6. The van der Waals surface area contributed by atoms with Crippen molar-refractivity contribution in [2.45, 2.75) is 19.3 Å². The minimum absolute atomic E-state index is 0. The summed E-state index contributed by atoms with van der Waals surface area (Å²) in [6.07, 6.45) is 0. The van der Waals surface area contributed by atoms with Crippen LogP contribution in [0.3, 0.4) is 0 Å². The lowest BCUT2D eigenvalue weighted by Gasteiger charge is -2.21. The number of rotatable bonds is 2. The van der Waals surface area contributed by atoms with Crippen LogP contribution in [0, 0.1) is 0 Å². The van der Waals surface area contributed by atoms with Crippen LogP contribution < -0.4 is 5.46 Å². The van der Waals surface area contributed by atoms with E-state index in [0.717, 1.165) is 22.1 Å². The summed E-state index contributed by atoms with van der Waals surface area (Å²) in [4.78, 5) is 0. The predicted octanol–water partition coefficient (Wildman–Crippen LogP) is 4.50. The third kappa shape index (κ3) is 2.62. The van der Waals surface area contributed by atoms with Crippen LogP contribution in [0.4, 0.5) is 0 Å². The zero-order chi connectivity index (χ0) is 20.5. The van der Waals surface area contributed by atoms with Crippen LogP contribution in [0.2, 0.25) is 0 Å². The zero-order valence-corrected chi connectivity index (χ0v) is 17.6. The molecule has 3 N–H and O–H groups in total. The highest BCUT2D eigenvalue weighted by Gasteiger charge is 2.36. The highest BCUT2D eigenvalue weighted by atomic mass is 16.2. The van der Waals surface area contributed by atoms with Crippen molar-refractivity contribution in [3.63, 3.8) is 0 Å². The molecule has 1 aromatic heterocycles. The molecule has 0 fully saturated rings. The Hall–Kier alpha value is -3.34. The summed E-state index contributed by atoms with van der Waals surface area (Å²) in [5, 5.41) is 12.0. The molecule has 5 aromatic rings. The van der Waals surface area contributed by atoms with E-state index in [4.69, 9.17) is 0 Å². The van der Waals surface area contributed by atoms with E-state index in [0.29, 0.717) is 0 Å². The lowest BCUT2D eigenvalue weighted by atomic mass is 9.82. The Morgan fingerprint density at radius 2 is 1.42 bits per heavy atom. The van der Waals surface area contributed by atoms with Gasteiger partial charge in [0.2, 0.25) is 0 Å². The quantitative estimate of drug-likeness (QED) is 0.433. The molecule has 6 rings (SSSR count). The van der Waals surface area contributed by atoms with Crippen LogP contribution in [0.25, 0.3) is 38.6 Å². The van der Waals surface area contributed by atoms with Crippen LogP contribution in [0.5, 0.6) is 0 Å². The largest absolute Gasteiger partial charge is 0.450 e. The van der Waals surface area contributed by atoms with Crippen molar-refractivity contribution in [1.82, 2.24) is 4.57 Å². The molecule has 0 bridgehead atoms. The molecule has 3 nitrogen and oxygen atoms in total. The van der Waals surface area contributed by atoms with Gasteiger partial charge in [-0.25, -0.2) is 0 Å². The van der Waals surface area contributed by atoms with Crippen molar-refractivity contribution in [3.8, 4) is 16.8 Å². The Labute approximate surface area is 182 Å². The molecule has 0 saturated carbocycles. The first-order chi connectivity index (χ1) is 14.6. The summed E-state index contributed by atoms with van der Waals surface area (Å²) in [5.74, 6) is 0. The minimum atomic E-state index is -0.0396. The molecule has 0 aliphatic heterocycles. The Balaban J connectivity index is 0.00000204. The lowest BCUT2D eigenvalue weighted by Crippen LogP contribution is -2.14. The highest BCUT2D eigenvalue weighted by molar-refractivity contribution is 6.46. The molecule has 1 radical (unpaired) electrons. The van der Waals surface area contributed by atoms with E-state index in [9.17, 15) is 5.02 Å². The lowest BCUT2D eigenvalue weighted by molar-refractivity contribution is 0.615. The van der Waals surface area contributed by atoms with Gasteiger partial charge >= 0.3 is 7.48 Å². The fraction of sp³-hybridized carbons (Fsp3) is 0.111. The van der Waals surface area contributed by atoms with Crippen LogP contribution >= 0.6 is 0 Å². The molecular formula is C27H23BNO2. The molecule has 1 heterocycles. The Bertz CT molecular complexity index is 1450. The topological polar surface area (TPSA) is 56.7 Å². The molecule has 4 aromatic carbocycles. The van der Waals surface area contributed by atoms with Crippen LogP contribution in [-0.4, -0.2) is 22.5 Å². The number of fused-ring (bicyclic) bond motifs is 6. The van der Waals surface area contributed by atoms with E-state index in [1.165, 1.54) is 40.6 Å². The summed E-state index contributed by atoms with van der Waals surface area (Å²) in [6.45, 7) is 4.63. The molecular weight excluding hydrogens is 381 g/mol. The van der Waals surface area contributed by atoms with Gasteiger partial charge in [0, 0.05) is 21.9 Å². The second kappa shape index (κ2) is 6.84. The fourth-order valence-corrected chi connectivity index (χ4v) is 5.17. The van der Waals surface area contributed by atoms with E-state index < -0.39 is 0 Å². The molecule has 0 atom stereocenters. The second-order valence-corrected chi connectivity index (χ2v) is 8.66. The molecule has 0 spiro atoms. The van der Waals surface area contributed by atoms with Crippen molar-refractivity contribution >= 4 is 34.8 Å². The van der Waals surface area contributed by atoms with E-state index >= 15 is 0 Å². The summed E-state index contributed by atoms with van der Waals surface area (Å²) in [7, 11) is 1.18. The maximum Gasteiger partial charge on any atom is 0.326 e. The van der Waals surface area contributed by atoms with Crippen molar-refractivity contribution in [1.29, 1.82) is 0 Å². The van der Waals surface area contributed by atoms with Gasteiger partial charge in [0.25, 0.3) is 0 Å². The summed E-state index contributed by atoms with van der Waals surface area (Å²) in [5.41, 5.74) is 9.66. The molecule has 0 unspecified atom stereocenters. The van der Waals surface area contributed by atoms with Crippen LogP contribution in [0.1, 0.15) is 25.0 Å². The van der Waals surface area contributed by atoms with Crippen molar-refractivity contribution in [3.05, 3.63) is 96.1 Å². The van der Waals surface area contributed by atoms with Gasteiger partial charge < -0.3 is 15.1 Å². The van der Waals surface area contributed by atoms with Gasteiger partial charge in [-0.3, -0.25) is 0 Å². The number of benzene rings is 4. The number of aromatic nitrogens is 1. The number of hydrogen-bond acceptors (Lipinski definition) is 1. The SMILES string of the molecule is CC1(C)c2ccccc2-c2cc3c4cc([B]O)ccc4n(-c4ccccc4)c3cc21.O. The monoisotopic (exact) mass is 404 g/mol. The predicted molar refractivity (Wildman–Crippen MR) is 130 cm³/mol. The smallest absolute Gasteiger partial charge is 0.326 e. The number of nitrogens with zero attached hydrogens (tertiary/aromatic N) is 1. The van der Waals surface area contributed by atoms with Gasteiger partial charge in [-0.15, -0.1) is 0 Å². The average Bonchev–Trinajstić information content (AvgIpc) is 3.22. The standard InChI is InChI=1S/C27H21BNO.H2O/c1-27(2)23-11-7-6-10-19(23)20-15-22-21-14-17(28-30)12-13-25(21)29(26(22)16-24(20)27)18-8-4-3-5-9-18;/h3-16,30H,1-2H3;1H2. The minimum Gasteiger partial charge on any atom is -0.450 e. The van der Waals surface area contributed by atoms with E-state index in [1.807, 2.05) is 12.1 Å². The van der Waals surface area contributed by atoms with Gasteiger partial charge in [0.1, 0.15) is 0 Å². The van der Waals surface area contributed by atoms with E-state index in [2.05, 4.69) is 91.2 Å². The number of hydrogen-bond donors (Lipinski definition) is 1. The highest BCUT2D eigenvalue weighted by Crippen LogP contribution is 2.50. The van der Waals surface area contributed by atoms with Crippen molar-refractivity contribution < 1.29 is 10.5 Å². The van der Waals surface area contributed by atoms with E-state index in [-0.39, 0.29) is 10.9 Å². The van der Waals surface area contributed by atoms with Gasteiger partial charge in [-0.2, -0.15) is 0 Å². The average molecular weight is 404 g/mol. The van der Waals surface area contributed by atoms with Crippen LogP contribution in [0.15, 0.2) is 84.9 Å². The Morgan fingerprint density at radius 3 is 2.19 bits per heavy atom. The number of para-hydroxylation sites is 1. The maximum absolute atomic E-state index is 9.61. The summed E-state index contributed by atoms with van der Waals surface area (Å²) in [6, 6.07) is 30.1. The summed E-state index contributed by atoms with van der Waals surface area (Å²) >= 11 is 0. The second-order valence-electron chi connectivity index (χ2n) is 8.66. The van der Waals surface area contributed by atoms with Crippen molar-refractivity contribution in [2.75, 3.05) is 0 Å². The van der Waals surface area contributed by atoms with Gasteiger partial charge in [-0.1, -0.05) is 73.9 Å². The molecule has 31 heavy (non-hydrogen) atoms. The zero-order valence-electron chi connectivity index (χ0n) is 17.6. The molecule has 0 amide bonds. The molecule has 4 heteroatoms. The first-order valence-electron chi connectivity index (χ1n) is 10.3. The molecule has 1 aliphatic rings. The fourth-order valence-electron chi connectivity index (χ4n) is 5.17. The Morgan fingerprint density at radius 1 is 0.710 bits per heavy atom. The van der Waals surface area contributed by atoms with Crippen LogP contribution in [-0.2, 0) is 5.41 Å². The summed E-state index contributed by atoms with van der Waals surface area (Å²) < 4.78 is 2.34. The normalized spacial score (nSPS) is 13.6. The molecule has 1 aliphatic carbocycles. The molecule has 0 saturated heterocycles. The van der Waals surface area contributed by atoms with Crippen molar-refractivity contribution in [2.24, 2.45) is 0 Å². The van der Waals surface area contributed by atoms with E-state index in [1.54, 1.807) is 0 Å². The molecule has 151 valence electrons. The third-order valence-electron chi connectivity index (χ3n) is 6.66. The maximum atomic E-state index is 9.61. The van der Waals surface area contributed by atoms with Gasteiger partial charge in [-0.05, 0) is 52.6 Å². The first-order valence-corrected chi connectivity index (χ1v) is 10.3.